The number of allylic oxidation sites excluding steroid dienone is 1. The van der Waals surface area contributed by atoms with Gasteiger partial charge in [0.1, 0.15) is 24.0 Å². The fourth-order valence-electron chi connectivity index (χ4n) is 5.39. The van der Waals surface area contributed by atoms with Gasteiger partial charge in [0, 0.05) is 25.4 Å². The van der Waals surface area contributed by atoms with Crippen LogP contribution in [0.1, 0.15) is 49.0 Å². The summed E-state index contributed by atoms with van der Waals surface area (Å²) in [5.74, 6) is -0.708. The molecule has 0 spiro atoms. The van der Waals surface area contributed by atoms with E-state index in [0.717, 1.165) is 19.3 Å². The average molecular weight is 539 g/mol. The largest absolute Gasteiger partial charge is 0.466 e. The number of fused-ring (bicyclic) bond motifs is 2. The number of imidazole rings is 1. The van der Waals surface area contributed by atoms with Crippen LogP contribution in [-0.4, -0.2) is 57.0 Å². The Balaban J connectivity index is 1.41. The van der Waals surface area contributed by atoms with Crippen molar-refractivity contribution < 1.29 is 23.9 Å². The number of hydrogen-bond donors (Lipinski definition) is 3. The highest BCUT2D eigenvalue weighted by atomic mass is 16.5. The fraction of sp³-hybridized carbons (Fsp3) is 0.481. The van der Waals surface area contributed by atoms with E-state index in [1.807, 2.05) is 0 Å². The number of carbonyl (C=O) groups excluding carboxylic acids is 4. The van der Waals surface area contributed by atoms with Crippen molar-refractivity contribution in [3.63, 3.8) is 0 Å². The SMILES string of the molecule is COC(=O)/C=C/CC[C@H](NC(=O)c1cncn1C)C(=O)Nc1cccn(CC(=O)N[C@H]2C[C@H]3CC[C@@H]2C3)c1=O. The number of pyridine rings is 1. The molecule has 0 radical (unpaired) electrons. The van der Waals surface area contributed by atoms with Crippen LogP contribution >= 0.6 is 0 Å². The smallest absolute Gasteiger partial charge is 0.330 e. The summed E-state index contributed by atoms with van der Waals surface area (Å²) in [6.45, 7) is -0.157. The summed E-state index contributed by atoms with van der Waals surface area (Å²) < 4.78 is 7.33. The fourth-order valence-corrected chi connectivity index (χ4v) is 5.39. The van der Waals surface area contributed by atoms with Crippen LogP contribution in [0.15, 0.2) is 47.8 Å². The van der Waals surface area contributed by atoms with Crippen molar-refractivity contribution in [2.24, 2.45) is 18.9 Å². The molecular formula is C27H34N6O6. The van der Waals surface area contributed by atoms with Crippen LogP contribution in [0.5, 0.6) is 0 Å². The molecule has 2 saturated carbocycles. The topological polar surface area (TPSA) is 153 Å². The molecule has 3 amide bonds. The monoisotopic (exact) mass is 538 g/mol. The van der Waals surface area contributed by atoms with E-state index in [1.165, 1.54) is 59.6 Å². The molecule has 0 saturated heterocycles. The Morgan fingerprint density at radius 3 is 2.72 bits per heavy atom. The van der Waals surface area contributed by atoms with Gasteiger partial charge >= 0.3 is 5.97 Å². The zero-order chi connectivity index (χ0) is 27.9. The van der Waals surface area contributed by atoms with Gasteiger partial charge in [-0.3, -0.25) is 19.2 Å². The van der Waals surface area contributed by atoms with E-state index in [1.54, 1.807) is 13.1 Å². The van der Waals surface area contributed by atoms with Crippen molar-refractivity contribution in [3.8, 4) is 0 Å². The summed E-state index contributed by atoms with van der Waals surface area (Å²) in [4.78, 5) is 66.9. The normalized spacial score (nSPS) is 20.5. The number of amides is 3. The van der Waals surface area contributed by atoms with Gasteiger partial charge in [0.2, 0.25) is 11.8 Å². The van der Waals surface area contributed by atoms with Gasteiger partial charge in [-0.1, -0.05) is 12.5 Å². The van der Waals surface area contributed by atoms with Crippen LogP contribution in [0.25, 0.3) is 0 Å². The molecule has 2 aliphatic rings. The molecule has 39 heavy (non-hydrogen) atoms. The first-order valence-corrected chi connectivity index (χ1v) is 13.1. The van der Waals surface area contributed by atoms with E-state index in [0.29, 0.717) is 11.8 Å². The standard InChI is InChI=1S/C27H34N6O6/c1-32-16-28-14-22(32)26(37)30-19(6-3-4-8-24(35)39-2)25(36)31-20-7-5-11-33(27(20)38)15-23(34)29-21-13-17-9-10-18(21)12-17/h4-5,7-8,11,14,16-19,21H,3,6,9-10,12-13,15H2,1-2H3,(H,29,34)(H,30,37)(H,31,36)/b8-4+/t17-,18+,19-,21-/m0/s1. The molecule has 2 aromatic rings. The van der Waals surface area contributed by atoms with Gasteiger partial charge in [0.05, 0.1) is 19.6 Å². The molecule has 4 atom stereocenters. The zero-order valence-electron chi connectivity index (χ0n) is 22.1. The maximum absolute atomic E-state index is 13.2. The van der Waals surface area contributed by atoms with Crippen molar-refractivity contribution in [3.05, 3.63) is 59.1 Å². The van der Waals surface area contributed by atoms with Crippen molar-refractivity contribution in [2.45, 2.75) is 57.2 Å². The number of rotatable bonds is 11. The van der Waals surface area contributed by atoms with Crippen molar-refractivity contribution >= 4 is 29.4 Å². The second-order valence-corrected chi connectivity index (χ2v) is 10.1. The summed E-state index contributed by atoms with van der Waals surface area (Å²) in [7, 11) is 2.90. The van der Waals surface area contributed by atoms with E-state index >= 15 is 0 Å². The van der Waals surface area contributed by atoms with E-state index in [-0.39, 0.29) is 42.7 Å². The van der Waals surface area contributed by atoms with Crippen LogP contribution in [-0.2, 0) is 32.7 Å². The molecule has 208 valence electrons. The summed E-state index contributed by atoms with van der Waals surface area (Å²) >= 11 is 0. The van der Waals surface area contributed by atoms with E-state index in [2.05, 4.69) is 25.7 Å². The highest BCUT2D eigenvalue weighted by molar-refractivity contribution is 6.00. The quantitative estimate of drug-likeness (QED) is 0.286. The lowest BCUT2D eigenvalue weighted by molar-refractivity contribution is -0.134. The first-order valence-electron chi connectivity index (χ1n) is 13.1. The molecule has 2 heterocycles. The number of ether oxygens (including phenoxy) is 1. The zero-order valence-corrected chi connectivity index (χ0v) is 22.1. The highest BCUT2D eigenvalue weighted by Crippen LogP contribution is 2.44. The summed E-state index contributed by atoms with van der Waals surface area (Å²) in [5, 5.41) is 8.32. The Bertz CT molecular complexity index is 1310. The third-order valence-electron chi connectivity index (χ3n) is 7.42. The minimum Gasteiger partial charge on any atom is -0.466 e. The first kappa shape index (κ1) is 27.8. The van der Waals surface area contributed by atoms with Gasteiger partial charge in [-0.05, 0) is 56.1 Å². The number of anilines is 1. The predicted octanol–water partition coefficient (Wildman–Crippen LogP) is 1.13. The molecule has 2 aliphatic carbocycles. The van der Waals surface area contributed by atoms with Gasteiger partial charge in [-0.25, -0.2) is 9.78 Å². The Kier molecular flexibility index (Phi) is 8.95. The molecule has 0 aromatic carbocycles. The number of hydrogen-bond acceptors (Lipinski definition) is 7. The minimum absolute atomic E-state index is 0.0138. The van der Waals surface area contributed by atoms with Gasteiger partial charge in [-0.15, -0.1) is 0 Å². The molecule has 0 aliphatic heterocycles. The van der Waals surface area contributed by atoms with Crippen LogP contribution in [0.4, 0.5) is 5.69 Å². The Labute approximate surface area is 225 Å². The van der Waals surface area contributed by atoms with Gasteiger partial charge in [0.15, 0.2) is 0 Å². The van der Waals surface area contributed by atoms with Crippen molar-refractivity contribution in [2.75, 3.05) is 12.4 Å². The van der Waals surface area contributed by atoms with Crippen LogP contribution in [0, 0.1) is 11.8 Å². The lowest BCUT2D eigenvalue weighted by Crippen LogP contribution is -2.45. The maximum atomic E-state index is 13.2. The molecule has 2 aromatic heterocycles. The molecular weight excluding hydrogens is 504 g/mol. The van der Waals surface area contributed by atoms with E-state index in [9.17, 15) is 24.0 Å². The lowest BCUT2D eigenvalue weighted by Gasteiger charge is -2.23. The molecule has 12 nitrogen and oxygen atoms in total. The van der Waals surface area contributed by atoms with E-state index < -0.39 is 29.4 Å². The second kappa shape index (κ2) is 12.5. The van der Waals surface area contributed by atoms with Crippen LogP contribution in [0.2, 0.25) is 0 Å². The number of carbonyl (C=O) groups is 4. The van der Waals surface area contributed by atoms with Gasteiger partial charge < -0.3 is 29.8 Å². The molecule has 2 fully saturated rings. The van der Waals surface area contributed by atoms with Gasteiger partial charge in [0.25, 0.3) is 11.5 Å². The van der Waals surface area contributed by atoms with Crippen LogP contribution < -0.4 is 21.5 Å². The molecule has 4 rings (SSSR count). The number of esters is 1. The van der Waals surface area contributed by atoms with Crippen molar-refractivity contribution in [1.29, 1.82) is 0 Å². The average Bonchev–Trinajstić information content (AvgIpc) is 3.65. The third-order valence-corrected chi connectivity index (χ3v) is 7.42. The maximum Gasteiger partial charge on any atom is 0.330 e. The molecule has 3 N–H and O–H groups in total. The van der Waals surface area contributed by atoms with Gasteiger partial charge in [-0.2, -0.15) is 0 Å². The Hall–Kier alpha value is -4.22. The Morgan fingerprint density at radius 1 is 1.23 bits per heavy atom. The molecule has 0 unspecified atom stereocenters. The summed E-state index contributed by atoms with van der Waals surface area (Å²) in [6, 6.07) is 2.15. The lowest BCUT2D eigenvalue weighted by atomic mass is 9.95. The highest BCUT2D eigenvalue weighted by Gasteiger charge is 2.40. The third kappa shape index (κ3) is 7.01. The van der Waals surface area contributed by atoms with Crippen molar-refractivity contribution in [1.82, 2.24) is 24.8 Å². The number of nitrogens with zero attached hydrogens (tertiary/aromatic N) is 3. The summed E-state index contributed by atoms with van der Waals surface area (Å²) in [5.41, 5.74) is -0.294. The second-order valence-electron chi connectivity index (χ2n) is 10.1. The summed E-state index contributed by atoms with van der Waals surface area (Å²) in [6.07, 6.45) is 12.0. The number of aryl methyl sites for hydroxylation is 1. The molecule has 2 bridgehead atoms. The predicted molar refractivity (Wildman–Crippen MR) is 142 cm³/mol. The van der Waals surface area contributed by atoms with E-state index in [4.69, 9.17) is 0 Å². The number of methoxy groups -OCH3 is 1. The Morgan fingerprint density at radius 2 is 2.05 bits per heavy atom. The number of nitrogens with one attached hydrogen (secondary N) is 3. The number of aromatic nitrogens is 3. The first-order chi connectivity index (χ1) is 18.7. The molecule has 12 heteroatoms. The minimum atomic E-state index is -1.02. The van der Waals surface area contributed by atoms with Crippen LogP contribution in [0.3, 0.4) is 0 Å².